The van der Waals surface area contributed by atoms with Crippen LogP contribution in [0.1, 0.15) is 21.5 Å². The fraction of sp³-hybridized carbons (Fsp3) is 0.316. The number of hydrogen-bond donors (Lipinski definition) is 0. The Balaban J connectivity index is 1.60. The van der Waals surface area contributed by atoms with Gasteiger partial charge in [-0.15, -0.1) is 0 Å². The van der Waals surface area contributed by atoms with Gasteiger partial charge in [-0.3, -0.25) is 4.79 Å². The first-order valence-electron chi connectivity index (χ1n) is 7.74. The van der Waals surface area contributed by atoms with Gasteiger partial charge in [0.1, 0.15) is 17.6 Å². The van der Waals surface area contributed by atoms with Gasteiger partial charge in [0.2, 0.25) is 0 Å². The summed E-state index contributed by atoms with van der Waals surface area (Å²) in [6, 6.07) is 13.5. The molecule has 1 heterocycles. The molecule has 0 aromatic heterocycles. The third-order valence-corrected chi connectivity index (χ3v) is 4.10. The number of carbonyl (C=O) groups excluding carboxylic acids is 1. The number of hydrogen-bond acceptors (Lipinski definition) is 3. The summed E-state index contributed by atoms with van der Waals surface area (Å²) in [7, 11) is 1.63. The second-order valence-corrected chi connectivity index (χ2v) is 5.95. The van der Waals surface area contributed by atoms with Gasteiger partial charge in [-0.1, -0.05) is 23.8 Å². The summed E-state index contributed by atoms with van der Waals surface area (Å²) in [6.45, 7) is 5.20. The lowest BCUT2D eigenvalue weighted by Crippen LogP contribution is -2.56. The highest BCUT2D eigenvalue weighted by Crippen LogP contribution is 2.24. The van der Waals surface area contributed by atoms with E-state index in [1.807, 2.05) is 61.2 Å². The average molecular weight is 311 g/mol. The van der Waals surface area contributed by atoms with Crippen LogP contribution >= 0.6 is 0 Å². The molecule has 0 spiro atoms. The van der Waals surface area contributed by atoms with Crippen LogP contribution in [0.4, 0.5) is 0 Å². The summed E-state index contributed by atoms with van der Waals surface area (Å²) in [5.41, 5.74) is 2.89. The van der Waals surface area contributed by atoms with Crippen molar-refractivity contribution in [1.82, 2.24) is 4.90 Å². The van der Waals surface area contributed by atoms with Crippen LogP contribution in [-0.4, -0.2) is 37.1 Å². The van der Waals surface area contributed by atoms with Crippen molar-refractivity contribution in [2.75, 3.05) is 20.2 Å². The molecule has 4 heteroatoms. The van der Waals surface area contributed by atoms with Crippen molar-refractivity contribution in [3.8, 4) is 11.5 Å². The zero-order valence-corrected chi connectivity index (χ0v) is 13.7. The summed E-state index contributed by atoms with van der Waals surface area (Å²) in [5.74, 6) is 1.62. The first-order chi connectivity index (χ1) is 11.1. The zero-order valence-electron chi connectivity index (χ0n) is 13.7. The highest BCUT2D eigenvalue weighted by Gasteiger charge is 2.33. The van der Waals surface area contributed by atoms with E-state index in [4.69, 9.17) is 9.47 Å². The minimum atomic E-state index is 0.0381. The van der Waals surface area contributed by atoms with Gasteiger partial charge >= 0.3 is 0 Å². The summed E-state index contributed by atoms with van der Waals surface area (Å²) >= 11 is 0. The Labute approximate surface area is 136 Å². The van der Waals surface area contributed by atoms with Crippen LogP contribution in [0.5, 0.6) is 11.5 Å². The normalized spacial score (nSPS) is 14.3. The molecule has 0 saturated carbocycles. The van der Waals surface area contributed by atoms with Gasteiger partial charge in [-0.2, -0.15) is 0 Å². The van der Waals surface area contributed by atoms with Crippen molar-refractivity contribution >= 4 is 5.91 Å². The molecule has 1 amide bonds. The number of likely N-dealkylation sites (tertiary alicyclic amines) is 1. The van der Waals surface area contributed by atoms with Crippen LogP contribution in [0, 0.1) is 13.8 Å². The average Bonchev–Trinajstić information content (AvgIpc) is 2.52. The predicted molar refractivity (Wildman–Crippen MR) is 89.2 cm³/mol. The van der Waals surface area contributed by atoms with Crippen molar-refractivity contribution in [3.05, 3.63) is 59.2 Å². The molecule has 0 unspecified atom stereocenters. The molecule has 2 aromatic carbocycles. The van der Waals surface area contributed by atoms with Crippen LogP contribution in [0.25, 0.3) is 0 Å². The first-order valence-corrected chi connectivity index (χ1v) is 7.74. The quantitative estimate of drug-likeness (QED) is 0.870. The van der Waals surface area contributed by atoms with Crippen LogP contribution in [0.15, 0.2) is 42.5 Å². The van der Waals surface area contributed by atoms with Crippen molar-refractivity contribution in [1.29, 1.82) is 0 Å². The molecule has 0 N–H and O–H groups in total. The highest BCUT2D eigenvalue weighted by molar-refractivity contribution is 5.96. The monoisotopic (exact) mass is 311 g/mol. The van der Waals surface area contributed by atoms with Crippen molar-refractivity contribution in [3.63, 3.8) is 0 Å². The summed E-state index contributed by atoms with van der Waals surface area (Å²) in [4.78, 5) is 14.4. The molecule has 3 rings (SSSR count). The van der Waals surface area contributed by atoms with Gasteiger partial charge < -0.3 is 14.4 Å². The molecular weight excluding hydrogens is 290 g/mol. The number of methoxy groups -OCH3 is 1. The predicted octanol–water partition coefficient (Wildman–Crippen LogP) is 3.22. The number of carbonyl (C=O) groups is 1. The molecule has 1 aliphatic heterocycles. The van der Waals surface area contributed by atoms with E-state index >= 15 is 0 Å². The highest BCUT2D eigenvalue weighted by atomic mass is 16.5. The number of ether oxygens (including phenoxy) is 2. The van der Waals surface area contributed by atoms with E-state index in [9.17, 15) is 4.79 Å². The second-order valence-electron chi connectivity index (χ2n) is 5.95. The van der Waals surface area contributed by atoms with E-state index < -0.39 is 0 Å². The van der Waals surface area contributed by atoms with Crippen LogP contribution in [0.2, 0.25) is 0 Å². The SMILES string of the molecule is COc1cccc(OC2CN(C(=O)c3cc(C)ccc3C)C2)c1. The molecule has 0 bridgehead atoms. The minimum absolute atomic E-state index is 0.0381. The molecular formula is C19H21NO3. The van der Waals surface area contributed by atoms with Crippen molar-refractivity contribution in [2.45, 2.75) is 20.0 Å². The van der Waals surface area contributed by atoms with Crippen molar-refractivity contribution in [2.24, 2.45) is 0 Å². The molecule has 120 valence electrons. The van der Waals surface area contributed by atoms with E-state index in [1.165, 1.54) is 0 Å². The lowest BCUT2D eigenvalue weighted by atomic mass is 10.0. The second kappa shape index (κ2) is 6.32. The minimum Gasteiger partial charge on any atom is -0.497 e. The van der Waals surface area contributed by atoms with E-state index in [2.05, 4.69) is 0 Å². The smallest absolute Gasteiger partial charge is 0.254 e. The summed E-state index contributed by atoms with van der Waals surface area (Å²) < 4.78 is 11.1. The Bertz CT molecular complexity index is 720. The molecule has 4 nitrogen and oxygen atoms in total. The van der Waals surface area contributed by atoms with Crippen LogP contribution < -0.4 is 9.47 Å². The fourth-order valence-corrected chi connectivity index (χ4v) is 2.68. The molecule has 23 heavy (non-hydrogen) atoms. The standard InChI is InChI=1S/C19H21NO3/c1-13-7-8-14(2)18(9-13)19(21)20-11-17(12-20)23-16-6-4-5-15(10-16)22-3/h4-10,17H,11-12H2,1-3H3. The summed E-state index contributed by atoms with van der Waals surface area (Å²) in [6.07, 6.45) is 0.0381. The van der Waals surface area contributed by atoms with E-state index in [0.717, 1.165) is 28.2 Å². The molecule has 2 aromatic rings. The maximum absolute atomic E-state index is 12.5. The van der Waals surface area contributed by atoms with Crippen molar-refractivity contribution < 1.29 is 14.3 Å². The first kappa shape index (κ1) is 15.4. The number of aryl methyl sites for hydroxylation is 2. The molecule has 0 atom stereocenters. The molecule has 1 saturated heterocycles. The largest absolute Gasteiger partial charge is 0.497 e. The lowest BCUT2D eigenvalue weighted by Gasteiger charge is -2.39. The fourth-order valence-electron chi connectivity index (χ4n) is 2.68. The van der Waals surface area contributed by atoms with Gasteiger partial charge in [0.05, 0.1) is 20.2 Å². The third-order valence-electron chi connectivity index (χ3n) is 4.10. The Morgan fingerprint density at radius 3 is 2.57 bits per heavy atom. The topological polar surface area (TPSA) is 38.8 Å². The molecule has 1 aliphatic rings. The third kappa shape index (κ3) is 3.31. The Morgan fingerprint density at radius 2 is 1.83 bits per heavy atom. The van der Waals surface area contributed by atoms with Crippen LogP contribution in [-0.2, 0) is 0 Å². The number of benzene rings is 2. The lowest BCUT2D eigenvalue weighted by molar-refractivity contribution is 0.0176. The van der Waals surface area contributed by atoms with E-state index in [1.54, 1.807) is 7.11 Å². The van der Waals surface area contributed by atoms with Gasteiger partial charge in [0.25, 0.3) is 5.91 Å². The summed E-state index contributed by atoms with van der Waals surface area (Å²) in [5, 5.41) is 0. The van der Waals surface area contributed by atoms with Gasteiger partial charge in [0, 0.05) is 11.6 Å². The molecule has 1 fully saturated rings. The number of amides is 1. The maximum Gasteiger partial charge on any atom is 0.254 e. The molecule has 0 aliphatic carbocycles. The van der Waals surface area contributed by atoms with Gasteiger partial charge in [-0.25, -0.2) is 0 Å². The van der Waals surface area contributed by atoms with Crippen LogP contribution in [0.3, 0.4) is 0 Å². The number of nitrogens with zero attached hydrogens (tertiary/aromatic N) is 1. The maximum atomic E-state index is 12.5. The van der Waals surface area contributed by atoms with E-state index in [0.29, 0.717) is 13.1 Å². The Kier molecular flexibility index (Phi) is 4.24. The number of rotatable bonds is 4. The van der Waals surface area contributed by atoms with Gasteiger partial charge in [-0.05, 0) is 37.6 Å². The Hall–Kier alpha value is -2.49. The zero-order chi connectivity index (χ0) is 16.4. The Morgan fingerprint density at radius 1 is 1.09 bits per heavy atom. The van der Waals surface area contributed by atoms with Gasteiger partial charge in [0.15, 0.2) is 0 Å². The van der Waals surface area contributed by atoms with E-state index in [-0.39, 0.29) is 12.0 Å². The molecule has 0 radical (unpaired) electrons.